The minimum atomic E-state index is 0.661. The molecule has 0 amide bonds. The largest absolute Gasteiger partial charge is 0.384 e. The first-order valence-corrected chi connectivity index (χ1v) is 6.44. The number of nitrogens with one attached hydrogen (secondary N) is 2. The summed E-state index contributed by atoms with van der Waals surface area (Å²) in [7, 11) is 0. The molecular formula is C14H20N2. The average molecular weight is 216 g/mol. The fraction of sp³-hybridized carbons (Fsp3) is 0.571. The highest BCUT2D eigenvalue weighted by Crippen LogP contribution is 2.35. The smallest absolute Gasteiger partial charge is 0.0376 e. The molecule has 1 aliphatic carbocycles. The van der Waals surface area contributed by atoms with Crippen molar-refractivity contribution in [2.45, 2.75) is 31.7 Å². The van der Waals surface area contributed by atoms with E-state index in [1.54, 1.807) is 0 Å². The van der Waals surface area contributed by atoms with Gasteiger partial charge in [0.15, 0.2) is 0 Å². The molecule has 2 aliphatic rings. The number of rotatable bonds is 4. The van der Waals surface area contributed by atoms with Gasteiger partial charge in [0.25, 0.3) is 0 Å². The monoisotopic (exact) mass is 216 g/mol. The summed E-state index contributed by atoms with van der Waals surface area (Å²) in [4.78, 5) is 0. The van der Waals surface area contributed by atoms with E-state index in [1.165, 1.54) is 24.1 Å². The molecule has 3 rings (SSSR count). The Morgan fingerprint density at radius 3 is 3.06 bits per heavy atom. The molecule has 0 spiro atoms. The van der Waals surface area contributed by atoms with Crippen LogP contribution < -0.4 is 10.6 Å². The molecule has 0 radical (unpaired) electrons. The Morgan fingerprint density at radius 1 is 1.38 bits per heavy atom. The molecule has 0 bridgehead atoms. The van der Waals surface area contributed by atoms with E-state index < -0.39 is 0 Å². The van der Waals surface area contributed by atoms with Crippen molar-refractivity contribution in [3.8, 4) is 0 Å². The van der Waals surface area contributed by atoms with Gasteiger partial charge < -0.3 is 10.6 Å². The van der Waals surface area contributed by atoms with Crippen LogP contribution >= 0.6 is 0 Å². The van der Waals surface area contributed by atoms with E-state index in [0.717, 1.165) is 25.0 Å². The van der Waals surface area contributed by atoms with Crippen LogP contribution in [0, 0.1) is 5.92 Å². The Labute approximate surface area is 97.4 Å². The van der Waals surface area contributed by atoms with Crippen molar-refractivity contribution >= 4 is 5.69 Å². The number of benzene rings is 1. The number of anilines is 1. The molecule has 2 heteroatoms. The third-order valence-electron chi connectivity index (χ3n) is 4.01. The summed E-state index contributed by atoms with van der Waals surface area (Å²) in [6.07, 6.45) is 2.72. The minimum Gasteiger partial charge on any atom is -0.384 e. The first kappa shape index (κ1) is 10.2. The van der Waals surface area contributed by atoms with Gasteiger partial charge in [-0.15, -0.1) is 0 Å². The highest BCUT2D eigenvalue weighted by atomic mass is 15.0. The van der Waals surface area contributed by atoms with Crippen LogP contribution in [0.1, 0.15) is 31.2 Å². The van der Waals surface area contributed by atoms with Crippen molar-refractivity contribution in [3.05, 3.63) is 29.8 Å². The first-order chi connectivity index (χ1) is 7.88. The van der Waals surface area contributed by atoms with Gasteiger partial charge in [0, 0.05) is 30.7 Å². The lowest BCUT2D eigenvalue weighted by atomic mass is 10.0. The van der Waals surface area contributed by atoms with Crippen LogP contribution in [0.15, 0.2) is 24.3 Å². The van der Waals surface area contributed by atoms with E-state index in [2.05, 4.69) is 41.8 Å². The fourth-order valence-corrected chi connectivity index (χ4v) is 2.78. The van der Waals surface area contributed by atoms with Gasteiger partial charge in [-0.1, -0.05) is 31.5 Å². The average Bonchev–Trinajstić information content (AvgIpc) is 2.98. The van der Waals surface area contributed by atoms with E-state index in [4.69, 9.17) is 0 Å². The molecule has 1 aromatic carbocycles. The Bertz CT molecular complexity index is 375. The third kappa shape index (κ3) is 1.82. The van der Waals surface area contributed by atoms with Gasteiger partial charge in [-0.25, -0.2) is 0 Å². The van der Waals surface area contributed by atoms with Crippen LogP contribution in [0.2, 0.25) is 0 Å². The van der Waals surface area contributed by atoms with Gasteiger partial charge in [0.2, 0.25) is 0 Å². The second-order valence-electron chi connectivity index (χ2n) is 5.08. The quantitative estimate of drug-likeness (QED) is 0.808. The van der Waals surface area contributed by atoms with Crippen LogP contribution in [0.3, 0.4) is 0 Å². The van der Waals surface area contributed by atoms with E-state index in [0.29, 0.717) is 5.92 Å². The van der Waals surface area contributed by atoms with E-state index in [-0.39, 0.29) is 0 Å². The Morgan fingerprint density at radius 2 is 2.25 bits per heavy atom. The summed E-state index contributed by atoms with van der Waals surface area (Å²) in [6.45, 7) is 4.51. The molecule has 3 atom stereocenters. The van der Waals surface area contributed by atoms with Crippen LogP contribution in [-0.4, -0.2) is 19.1 Å². The number of fused-ring (bicyclic) bond motifs is 1. The summed E-state index contributed by atoms with van der Waals surface area (Å²) in [5.74, 6) is 1.61. The minimum absolute atomic E-state index is 0.661. The highest BCUT2D eigenvalue weighted by molar-refractivity contribution is 5.57. The van der Waals surface area contributed by atoms with Crippen LogP contribution in [0.5, 0.6) is 0 Å². The Kier molecular flexibility index (Phi) is 2.60. The molecule has 16 heavy (non-hydrogen) atoms. The van der Waals surface area contributed by atoms with Gasteiger partial charge in [0.05, 0.1) is 0 Å². The lowest BCUT2D eigenvalue weighted by molar-refractivity contribution is 0.577. The third-order valence-corrected chi connectivity index (χ3v) is 4.01. The molecule has 1 fully saturated rings. The van der Waals surface area contributed by atoms with Gasteiger partial charge in [-0.05, 0) is 24.0 Å². The van der Waals surface area contributed by atoms with Crippen LogP contribution in [-0.2, 0) is 0 Å². The molecule has 0 aromatic heterocycles. The Hall–Kier alpha value is -1.02. The summed E-state index contributed by atoms with van der Waals surface area (Å²) in [5.41, 5.74) is 2.82. The molecule has 1 saturated carbocycles. The second-order valence-corrected chi connectivity index (χ2v) is 5.08. The zero-order chi connectivity index (χ0) is 11.0. The second kappa shape index (κ2) is 4.10. The molecule has 2 N–H and O–H groups in total. The normalized spacial score (nSPS) is 30.9. The van der Waals surface area contributed by atoms with E-state index in [1.807, 2.05) is 0 Å². The van der Waals surface area contributed by atoms with Crippen molar-refractivity contribution in [2.75, 3.05) is 18.4 Å². The zero-order valence-corrected chi connectivity index (χ0v) is 9.87. The van der Waals surface area contributed by atoms with Gasteiger partial charge in [-0.3, -0.25) is 0 Å². The maximum absolute atomic E-state index is 3.70. The van der Waals surface area contributed by atoms with Gasteiger partial charge in [-0.2, -0.15) is 0 Å². The molecule has 1 aliphatic heterocycles. The predicted octanol–water partition coefficient (Wildman–Crippen LogP) is 2.58. The maximum atomic E-state index is 3.70. The fourth-order valence-electron chi connectivity index (χ4n) is 2.78. The standard InChI is InChI=1S/C14H20N2/c1-2-10-7-14(10)16-9-11-8-15-13-6-4-3-5-12(11)13/h3-6,10-11,14-16H,2,7-9H2,1H3. The summed E-state index contributed by atoms with van der Waals surface area (Å²) < 4.78 is 0. The molecule has 1 aromatic rings. The van der Waals surface area contributed by atoms with Crippen LogP contribution in [0.25, 0.3) is 0 Å². The van der Waals surface area contributed by atoms with Gasteiger partial charge in [0.1, 0.15) is 0 Å². The van der Waals surface area contributed by atoms with Crippen molar-refractivity contribution in [1.29, 1.82) is 0 Å². The lowest BCUT2D eigenvalue weighted by Crippen LogP contribution is -2.25. The summed E-state index contributed by atoms with van der Waals surface area (Å²) >= 11 is 0. The number of hydrogen-bond acceptors (Lipinski definition) is 2. The highest BCUT2D eigenvalue weighted by Gasteiger charge is 2.35. The molecule has 2 nitrogen and oxygen atoms in total. The van der Waals surface area contributed by atoms with Crippen molar-refractivity contribution in [1.82, 2.24) is 5.32 Å². The van der Waals surface area contributed by atoms with Crippen molar-refractivity contribution in [3.63, 3.8) is 0 Å². The van der Waals surface area contributed by atoms with E-state index in [9.17, 15) is 0 Å². The predicted molar refractivity (Wildman–Crippen MR) is 67.9 cm³/mol. The molecular weight excluding hydrogens is 196 g/mol. The van der Waals surface area contributed by atoms with Crippen molar-refractivity contribution < 1.29 is 0 Å². The number of para-hydroxylation sites is 1. The first-order valence-electron chi connectivity index (χ1n) is 6.44. The van der Waals surface area contributed by atoms with Gasteiger partial charge >= 0.3 is 0 Å². The molecule has 3 unspecified atom stereocenters. The SMILES string of the molecule is CCC1CC1NCC1CNc2ccccc21. The number of hydrogen-bond donors (Lipinski definition) is 2. The maximum Gasteiger partial charge on any atom is 0.0376 e. The molecule has 0 saturated heterocycles. The molecule has 1 heterocycles. The van der Waals surface area contributed by atoms with E-state index >= 15 is 0 Å². The summed E-state index contributed by atoms with van der Waals surface area (Å²) in [6, 6.07) is 9.49. The lowest BCUT2D eigenvalue weighted by Gasteiger charge is -2.11. The van der Waals surface area contributed by atoms with Crippen molar-refractivity contribution in [2.24, 2.45) is 5.92 Å². The molecule has 86 valence electrons. The topological polar surface area (TPSA) is 24.1 Å². The van der Waals surface area contributed by atoms with Crippen LogP contribution in [0.4, 0.5) is 5.69 Å². The zero-order valence-electron chi connectivity index (χ0n) is 9.87. The Balaban J connectivity index is 1.57. The summed E-state index contributed by atoms with van der Waals surface area (Å²) in [5, 5.41) is 7.18.